The zero-order valence-electron chi connectivity index (χ0n) is 9.01. The molecule has 14 heavy (non-hydrogen) atoms. The lowest BCUT2D eigenvalue weighted by atomic mass is 9.92. The Bertz CT molecular complexity index is 314. The molecule has 1 rings (SSSR count). The second kappa shape index (κ2) is 3.89. The van der Waals surface area contributed by atoms with Crippen molar-refractivity contribution >= 4 is 11.6 Å². The van der Waals surface area contributed by atoms with Crippen LogP contribution in [0, 0.1) is 0 Å². The summed E-state index contributed by atoms with van der Waals surface area (Å²) in [6.07, 6.45) is 1.58. The Labute approximate surface area is 89.1 Å². The van der Waals surface area contributed by atoms with E-state index in [4.69, 9.17) is 11.6 Å². The quantitative estimate of drug-likeness (QED) is 0.744. The van der Waals surface area contributed by atoms with Gasteiger partial charge in [-0.15, -0.1) is 0 Å². The molecule has 0 saturated carbocycles. The van der Waals surface area contributed by atoms with E-state index >= 15 is 0 Å². The van der Waals surface area contributed by atoms with Crippen LogP contribution in [-0.4, -0.2) is 16.5 Å². The third kappa shape index (κ3) is 2.08. The van der Waals surface area contributed by atoms with Gasteiger partial charge in [-0.05, 0) is 6.92 Å². The predicted octanol–water partition coefficient (Wildman–Crippen LogP) is 3.36. The van der Waals surface area contributed by atoms with Crippen molar-refractivity contribution in [3.8, 4) is 0 Å². The summed E-state index contributed by atoms with van der Waals surface area (Å²) < 4.78 is 14.2. The third-order valence-electron chi connectivity index (χ3n) is 2.10. The first-order chi connectivity index (χ1) is 6.38. The Balaban J connectivity index is 3.19. The van der Waals surface area contributed by atoms with E-state index < -0.39 is 6.67 Å². The van der Waals surface area contributed by atoms with Crippen molar-refractivity contribution in [2.24, 2.45) is 0 Å². The van der Waals surface area contributed by atoms with Gasteiger partial charge < -0.3 is 0 Å². The number of halogens is 2. The molecule has 0 saturated heterocycles. The van der Waals surface area contributed by atoms with Gasteiger partial charge in [-0.2, -0.15) is 5.10 Å². The molecule has 0 N–H and O–H groups in total. The van der Waals surface area contributed by atoms with E-state index in [0.717, 1.165) is 5.69 Å². The van der Waals surface area contributed by atoms with E-state index in [9.17, 15) is 4.39 Å². The van der Waals surface area contributed by atoms with Crippen LogP contribution in [0.2, 0.25) is 5.02 Å². The molecule has 0 unspecified atom stereocenters. The normalized spacial score (nSPS) is 14.4. The molecule has 1 aromatic heterocycles. The van der Waals surface area contributed by atoms with E-state index in [1.807, 2.05) is 20.8 Å². The number of hydrogen-bond donors (Lipinski definition) is 0. The highest BCUT2D eigenvalue weighted by atomic mass is 35.5. The molecule has 0 spiro atoms. The van der Waals surface area contributed by atoms with Crippen molar-refractivity contribution < 1.29 is 4.39 Å². The number of alkyl halides is 1. The Morgan fingerprint density at radius 1 is 1.57 bits per heavy atom. The Hall–Kier alpha value is -0.570. The largest absolute Gasteiger partial charge is 0.262 e. The summed E-state index contributed by atoms with van der Waals surface area (Å²) in [6, 6.07) is -0.253. The van der Waals surface area contributed by atoms with Gasteiger partial charge in [0.25, 0.3) is 0 Å². The molecule has 0 aromatic carbocycles. The number of rotatable bonds is 2. The first kappa shape index (κ1) is 11.5. The molecule has 0 amide bonds. The van der Waals surface area contributed by atoms with Crippen molar-refractivity contribution in [1.29, 1.82) is 0 Å². The van der Waals surface area contributed by atoms with Crippen LogP contribution in [0.4, 0.5) is 4.39 Å². The van der Waals surface area contributed by atoms with Crippen LogP contribution in [0.25, 0.3) is 0 Å². The van der Waals surface area contributed by atoms with Crippen molar-refractivity contribution in [2.75, 3.05) is 6.67 Å². The minimum Gasteiger partial charge on any atom is -0.262 e. The van der Waals surface area contributed by atoms with Gasteiger partial charge in [-0.1, -0.05) is 32.4 Å². The Morgan fingerprint density at radius 2 is 2.14 bits per heavy atom. The van der Waals surface area contributed by atoms with Gasteiger partial charge in [0, 0.05) is 5.41 Å². The van der Waals surface area contributed by atoms with E-state index in [1.165, 1.54) is 0 Å². The van der Waals surface area contributed by atoms with E-state index in [1.54, 1.807) is 17.8 Å². The molecular formula is C10H16ClFN2. The third-order valence-corrected chi connectivity index (χ3v) is 2.38. The van der Waals surface area contributed by atoms with Crippen LogP contribution < -0.4 is 0 Å². The molecule has 0 aliphatic rings. The molecule has 0 aliphatic heterocycles. The predicted molar refractivity (Wildman–Crippen MR) is 56.6 cm³/mol. The standard InChI is InChI=1S/C10H16ClFN2/c1-7(5-12)14-9(10(2,3)4)8(11)6-13-14/h6-7H,5H2,1-4H3/t7-/m0/s1. The first-order valence-corrected chi connectivity index (χ1v) is 5.05. The monoisotopic (exact) mass is 218 g/mol. The van der Waals surface area contributed by atoms with Crippen LogP contribution in [0.5, 0.6) is 0 Å². The molecule has 0 radical (unpaired) electrons. The summed E-state index contributed by atoms with van der Waals surface area (Å²) in [7, 11) is 0. The summed E-state index contributed by atoms with van der Waals surface area (Å²) in [5.74, 6) is 0. The van der Waals surface area contributed by atoms with Crippen LogP contribution in [0.1, 0.15) is 39.4 Å². The van der Waals surface area contributed by atoms with Gasteiger partial charge in [-0.3, -0.25) is 4.68 Å². The van der Waals surface area contributed by atoms with Crippen LogP contribution in [0.3, 0.4) is 0 Å². The second-order valence-corrected chi connectivity index (χ2v) is 4.95. The summed E-state index contributed by atoms with van der Waals surface area (Å²) in [6.45, 7) is 7.48. The van der Waals surface area contributed by atoms with Crippen molar-refractivity contribution in [3.05, 3.63) is 16.9 Å². The molecule has 1 heterocycles. The number of hydrogen-bond acceptors (Lipinski definition) is 1. The fraction of sp³-hybridized carbons (Fsp3) is 0.700. The fourth-order valence-electron chi connectivity index (χ4n) is 1.44. The lowest BCUT2D eigenvalue weighted by Crippen LogP contribution is -2.22. The van der Waals surface area contributed by atoms with Crippen molar-refractivity contribution in [2.45, 2.75) is 39.2 Å². The minimum atomic E-state index is -0.429. The maximum Gasteiger partial charge on any atom is 0.112 e. The molecule has 4 heteroatoms. The second-order valence-electron chi connectivity index (χ2n) is 4.54. The van der Waals surface area contributed by atoms with E-state index in [0.29, 0.717) is 5.02 Å². The van der Waals surface area contributed by atoms with Gasteiger partial charge in [0.1, 0.15) is 6.67 Å². The number of nitrogens with zero attached hydrogens (tertiary/aromatic N) is 2. The molecule has 1 atom stereocenters. The first-order valence-electron chi connectivity index (χ1n) is 4.67. The van der Waals surface area contributed by atoms with Crippen LogP contribution in [0.15, 0.2) is 6.20 Å². The SMILES string of the molecule is C[C@@H](CF)n1ncc(Cl)c1C(C)(C)C. The highest BCUT2D eigenvalue weighted by molar-refractivity contribution is 6.31. The molecular weight excluding hydrogens is 203 g/mol. The Kier molecular flexibility index (Phi) is 3.20. The van der Waals surface area contributed by atoms with Gasteiger partial charge in [0.15, 0.2) is 0 Å². The van der Waals surface area contributed by atoms with Gasteiger partial charge in [0.2, 0.25) is 0 Å². The maximum absolute atomic E-state index is 12.5. The highest BCUT2D eigenvalue weighted by Crippen LogP contribution is 2.31. The van der Waals surface area contributed by atoms with Crippen molar-refractivity contribution in [3.63, 3.8) is 0 Å². The minimum absolute atomic E-state index is 0.114. The number of aromatic nitrogens is 2. The average molecular weight is 219 g/mol. The summed E-state index contributed by atoms with van der Waals surface area (Å²) in [5, 5.41) is 4.71. The Morgan fingerprint density at radius 3 is 2.57 bits per heavy atom. The van der Waals surface area contributed by atoms with Crippen molar-refractivity contribution in [1.82, 2.24) is 9.78 Å². The lowest BCUT2D eigenvalue weighted by molar-refractivity contribution is 0.335. The molecule has 0 bridgehead atoms. The zero-order valence-corrected chi connectivity index (χ0v) is 9.77. The molecule has 0 aliphatic carbocycles. The fourth-order valence-corrected chi connectivity index (χ4v) is 1.86. The van der Waals surface area contributed by atoms with Gasteiger partial charge >= 0.3 is 0 Å². The van der Waals surface area contributed by atoms with Gasteiger partial charge in [-0.25, -0.2) is 4.39 Å². The van der Waals surface area contributed by atoms with E-state index in [-0.39, 0.29) is 11.5 Å². The van der Waals surface area contributed by atoms with Gasteiger partial charge in [0.05, 0.1) is 23.0 Å². The average Bonchev–Trinajstić information content (AvgIpc) is 2.44. The molecule has 80 valence electrons. The molecule has 1 aromatic rings. The molecule has 0 fully saturated rings. The smallest absolute Gasteiger partial charge is 0.112 e. The highest BCUT2D eigenvalue weighted by Gasteiger charge is 2.25. The summed E-state index contributed by atoms with van der Waals surface area (Å²) in [4.78, 5) is 0. The summed E-state index contributed by atoms with van der Waals surface area (Å²) in [5.41, 5.74) is 0.779. The molecule has 2 nitrogen and oxygen atoms in total. The summed E-state index contributed by atoms with van der Waals surface area (Å²) >= 11 is 6.02. The van der Waals surface area contributed by atoms with Crippen LogP contribution >= 0.6 is 11.6 Å². The maximum atomic E-state index is 12.5. The topological polar surface area (TPSA) is 17.8 Å². The van der Waals surface area contributed by atoms with E-state index in [2.05, 4.69) is 5.10 Å². The van der Waals surface area contributed by atoms with Crippen LogP contribution in [-0.2, 0) is 5.41 Å². The lowest BCUT2D eigenvalue weighted by Gasteiger charge is -2.23. The zero-order chi connectivity index (χ0) is 10.9.